The highest BCUT2D eigenvalue weighted by Crippen LogP contribution is 2.32. The van der Waals surface area contributed by atoms with Crippen LogP contribution in [0.2, 0.25) is 0 Å². The number of anilines is 1. The highest BCUT2D eigenvalue weighted by Gasteiger charge is 2.21. The van der Waals surface area contributed by atoms with Crippen molar-refractivity contribution in [3.8, 4) is 0 Å². The Kier molecular flexibility index (Phi) is 6.50. The topological polar surface area (TPSA) is 33.2 Å². The first kappa shape index (κ1) is 20.6. The second-order valence-corrected chi connectivity index (χ2v) is 9.48. The predicted molar refractivity (Wildman–Crippen MR) is 129 cm³/mol. The van der Waals surface area contributed by atoms with Gasteiger partial charge in [-0.1, -0.05) is 72.9 Å². The van der Waals surface area contributed by atoms with Gasteiger partial charge in [0.1, 0.15) is 0 Å². The summed E-state index contributed by atoms with van der Waals surface area (Å²) in [6, 6.07) is 24.6. The summed E-state index contributed by atoms with van der Waals surface area (Å²) in [5.41, 5.74) is 4.22. The summed E-state index contributed by atoms with van der Waals surface area (Å²) in [6.45, 7) is 4.72. The van der Waals surface area contributed by atoms with Gasteiger partial charge in [-0.05, 0) is 47.6 Å². The fraction of sp³-hybridized carbons (Fsp3) is 0.200. The number of amides is 1. The lowest BCUT2D eigenvalue weighted by atomic mass is 10.1. The SMILES string of the molecule is CCSc1ccc(CC(=O)N(Cc2ccccc2)c2nc3c(C)cccc3s2)cc1. The van der Waals surface area contributed by atoms with Crippen LogP contribution in [0.1, 0.15) is 23.6 Å². The van der Waals surface area contributed by atoms with E-state index in [0.717, 1.165) is 37.8 Å². The number of para-hydroxylation sites is 1. The van der Waals surface area contributed by atoms with Gasteiger partial charge in [-0.2, -0.15) is 0 Å². The van der Waals surface area contributed by atoms with E-state index < -0.39 is 0 Å². The first-order chi connectivity index (χ1) is 14.6. The van der Waals surface area contributed by atoms with Crippen LogP contribution < -0.4 is 4.90 Å². The van der Waals surface area contributed by atoms with Gasteiger partial charge in [0.15, 0.2) is 5.13 Å². The number of thiazole rings is 1. The number of nitrogens with zero attached hydrogens (tertiary/aromatic N) is 2. The van der Waals surface area contributed by atoms with Crippen molar-refractivity contribution in [1.29, 1.82) is 0 Å². The molecule has 1 heterocycles. The number of rotatable bonds is 7. The number of fused-ring (bicyclic) bond motifs is 1. The first-order valence-corrected chi connectivity index (χ1v) is 11.9. The molecule has 30 heavy (non-hydrogen) atoms. The zero-order valence-electron chi connectivity index (χ0n) is 17.2. The van der Waals surface area contributed by atoms with Crippen molar-refractivity contribution in [2.45, 2.75) is 31.7 Å². The minimum absolute atomic E-state index is 0.0615. The van der Waals surface area contributed by atoms with Gasteiger partial charge >= 0.3 is 0 Å². The Morgan fingerprint density at radius 1 is 0.967 bits per heavy atom. The Morgan fingerprint density at radius 2 is 1.73 bits per heavy atom. The molecule has 0 spiro atoms. The molecular weight excluding hydrogens is 408 g/mol. The molecule has 0 N–H and O–H groups in total. The van der Waals surface area contributed by atoms with Crippen molar-refractivity contribution in [1.82, 2.24) is 4.98 Å². The molecule has 0 aliphatic rings. The zero-order chi connectivity index (χ0) is 20.9. The van der Waals surface area contributed by atoms with Gasteiger partial charge in [-0.25, -0.2) is 4.98 Å². The maximum absolute atomic E-state index is 13.4. The molecule has 0 atom stereocenters. The van der Waals surface area contributed by atoms with Gasteiger partial charge in [-0.15, -0.1) is 11.8 Å². The van der Waals surface area contributed by atoms with Crippen molar-refractivity contribution >= 4 is 44.4 Å². The van der Waals surface area contributed by atoms with E-state index in [1.54, 1.807) is 11.3 Å². The van der Waals surface area contributed by atoms with Crippen LogP contribution in [0, 0.1) is 6.92 Å². The lowest BCUT2D eigenvalue weighted by Gasteiger charge is -2.20. The van der Waals surface area contributed by atoms with E-state index in [1.165, 1.54) is 4.90 Å². The molecule has 0 aliphatic carbocycles. The van der Waals surface area contributed by atoms with Gasteiger partial charge in [-0.3, -0.25) is 9.69 Å². The summed E-state index contributed by atoms with van der Waals surface area (Å²) < 4.78 is 1.11. The molecule has 152 valence electrons. The molecule has 0 bridgehead atoms. The third-order valence-corrected chi connectivity index (χ3v) is 6.85. The van der Waals surface area contributed by atoms with Crippen molar-refractivity contribution in [3.05, 3.63) is 89.5 Å². The molecule has 5 heteroatoms. The van der Waals surface area contributed by atoms with E-state index in [1.807, 2.05) is 40.9 Å². The Balaban J connectivity index is 1.63. The fourth-order valence-electron chi connectivity index (χ4n) is 3.36. The number of carbonyl (C=O) groups excluding carboxylic acids is 1. The Labute approximate surface area is 185 Å². The molecule has 1 aromatic heterocycles. The molecule has 0 saturated heterocycles. The smallest absolute Gasteiger partial charge is 0.233 e. The van der Waals surface area contributed by atoms with E-state index >= 15 is 0 Å². The maximum atomic E-state index is 13.4. The minimum Gasteiger partial charge on any atom is -0.283 e. The van der Waals surface area contributed by atoms with Crippen molar-refractivity contribution in [3.63, 3.8) is 0 Å². The standard InChI is InChI=1S/C25H24N2OS2/c1-3-29-21-14-12-19(13-15-21)16-23(28)27(17-20-9-5-4-6-10-20)25-26-24-18(2)8-7-11-22(24)30-25/h4-15H,3,16-17H2,1-2H3. The molecular formula is C25H24N2OS2. The summed E-state index contributed by atoms with van der Waals surface area (Å²) >= 11 is 3.39. The monoisotopic (exact) mass is 432 g/mol. The molecule has 0 aliphatic heterocycles. The third kappa shape index (κ3) is 4.74. The van der Waals surface area contributed by atoms with Crippen molar-refractivity contribution in [2.24, 2.45) is 0 Å². The second-order valence-electron chi connectivity index (χ2n) is 7.14. The summed E-state index contributed by atoms with van der Waals surface area (Å²) in [4.78, 5) is 21.3. The van der Waals surface area contributed by atoms with Crippen molar-refractivity contribution < 1.29 is 4.79 Å². The van der Waals surface area contributed by atoms with Crippen molar-refractivity contribution in [2.75, 3.05) is 10.7 Å². The number of benzene rings is 3. The Morgan fingerprint density at radius 3 is 2.43 bits per heavy atom. The van der Waals surface area contributed by atoms with Gasteiger partial charge in [0.2, 0.25) is 5.91 Å². The lowest BCUT2D eigenvalue weighted by molar-refractivity contribution is -0.118. The quantitative estimate of drug-likeness (QED) is 0.313. The molecule has 0 unspecified atom stereocenters. The zero-order valence-corrected chi connectivity index (χ0v) is 18.8. The first-order valence-electron chi connectivity index (χ1n) is 10.1. The van der Waals surface area contributed by atoms with Gasteiger partial charge in [0, 0.05) is 4.90 Å². The second kappa shape index (κ2) is 9.45. The molecule has 0 fully saturated rings. The third-order valence-electron chi connectivity index (χ3n) is 4.91. The minimum atomic E-state index is 0.0615. The highest BCUT2D eigenvalue weighted by atomic mass is 32.2. The maximum Gasteiger partial charge on any atom is 0.233 e. The van der Waals surface area contributed by atoms with Crippen LogP contribution in [0.4, 0.5) is 5.13 Å². The number of aromatic nitrogens is 1. The number of hydrogen-bond donors (Lipinski definition) is 0. The highest BCUT2D eigenvalue weighted by molar-refractivity contribution is 7.99. The average Bonchev–Trinajstić information content (AvgIpc) is 3.20. The van der Waals surface area contributed by atoms with Crippen LogP contribution in [0.3, 0.4) is 0 Å². The van der Waals surface area contributed by atoms with E-state index in [2.05, 4.69) is 62.4 Å². The molecule has 0 radical (unpaired) electrons. The normalized spacial score (nSPS) is 11.0. The van der Waals surface area contributed by atoms with E-state index in [9.17, 15) is 4.79 Å². The molecule has 0 saturated carbocycles. The van der Waals surface area contributed by atoms with Crippen LogP contribution in [0.25, 0.3) is 10.2 Å². The van der Waals surface area contributed by atoms with Gasteiger partial charge in [0.05, 0.1) is 23.2 Å². The Hall–Kier alpha value is -2.63. The number of hydrogen-bond acceptors (Lipinski definition) is 4. The van der Waals surface area contributed by atoms with Crippen LogP contribution >= 0.6 is 23.1 Å². The molecule has 4 aromatic rings. The van der Waals surface area contributed by atoms with E-state index in [-0.39, 0.29) is 5.91 Å². The molecule has 3 nitrogen and oxygen atoms in total. The van der Waals surface area contributed by atoms with E-state index in [4.69, 9.17) is 4.98 Å². The average molecular weight is 433 g/mol. The van der Waals surface area contributed by atoms with Crippen LogP contribution in [0.15, 0.2) is 77.7 Å². The summed E-state index contributed by atoms with van der Waals surface area (Å²) in [5.74, 6) is 1.10. The number of carbonyl (C=O) groups is 1. The summed E-state index contributed by atoms with van der Waals surface area (Å²) in [7, 11) is 0. The van der Waals surface area contributed by atoms with Gasteiger partial charge < -0.3 is 0 Å². The van der Waals surface area contributed by atoms with Crippen LogP contribution in [-0.4, -0.2) is 16.6 Å². The van der Waals surface area contributed by atoms with Crippen LogP contribution in [-0.2, 0) is 17.8 Å². The van der Waals surface area contributed by atoms with Gasteiger partial charge in [0.25, 0.3) is 0 Å². The number of thioether (sulfide) groups is 1. The molecule has 4 rings (SSSR count). The molecule has 1 amide bonds. The number of aryl methyl sites for hydroxylation is 1. The largest absolute Gasteiger partial charge is 0.283 e. The lowest BCUT2D eigenvalue weighted by Crippen LogP contribution is -2.31. The summed E-state index contributed by atoms with van der Waals surface area (Å²) in [6.07, 6.45) is 0.360. The van der Waals surface area contributed by atoms with Crippen LogP contribution in [0.5, 0.6) is 0 Å². The fourth-order valence-corrected chi connectivity index (χ4v) is 5.08. The molecule has 3 aromatic carbocycles. The van der Waals surface area contributed by atoms with E-state index in [0.29, 0.717) is 13.0 Å². The Bertz CT molecular complexity index is 1140. The summed E-state index contributed by atoms with van der Waals surface area (Å²) in [5, 5.41) is 0.756. The predicted octanol–water partition coefficient (Wildman–Crippen LogP) is 6.49.